The molecule has 0 aliphatic heterocycles. The van der Waals surface area contributed by atoms with Crippen molar-refractivity contribution in [3.8, 4) is 0 Å². The fraction of sp³-hybridized carbons (Fsp3) is 0.500. The number of nitrogens with zero attached hydrogens (tertiary/aromatic N) is 2. The van der Waals surface area contributed by atoms with E-state index in [1.165, 1.54) is 0 Å². The van der Waals surface area contributed by atoms with Gasteiger partial charge in [0, 0.05) is 5.69 Å². The zero-order valence-corrected chi connectivity index (χ0v) is 6.44. The average Bonchev–Trinajstić information content (AvgIpc) is 2.29. The first-order valence-corrected chi connectivity index (χ1v) is 3.24. The monoisotopic (exact) mass is 200 g/mol. The van der Waals surface area contributed by atoms with Crippen LogP contribution in [0.15, 0.2) is 6.07 Å². The Hall–Kier alpha value is -1.14. The highest BCUT2D eigenvalue weighted by molar-refractivity contribution is 5.11. The Bertz CT molecular complexity index is 300. The molecule has 1 rings (SSSR count). The molecule has 2 nitrogen and oxygen atoms in total. The van der Waals surface area contributed by atoms with E-state index in [1.807, 2.05) is 0 Å². The van der Waals surface area contributed by atoms with Gasteiger partial charge in [-0.1, -0.05) is 0 Å². The lowest BCUT2D eigenvalue weighted by Crippen LogP contribution is -2.08. The van der Waals surface area contributed by atoms with Crippen molar-refractivity contribution in [2.75, 3.05) is 0 Å². The predicted molar refractivity (Wildman–Crippen MR) is 33.2 cm³/mol. The van der Waals surface area contributed by atoms with Crippen molar-refractivity contribution in [1.82, 2.24) is 9.78 Å². The molecule has 13 heavy (non-hydrogen) atoms. The van der Waals surface area contributed by atoms with Crippen molar-refractivity contribution < 1.29 is 22.0 Å². The summed E-state index contributed by atoms with van der Waals surface area (Å²) in [5.41, 5.74) is -1.52. The largest absolute Gasteiger partial charge is 0.435 e. The van der Waals surface area contributed by atoms with Crippen molar-refractivity contribution in [1.29, 1.82) is 0 Å². The van der Waals surface area contributed by atoms with Gasteiger partial charge in [-0.2, -0.15) is 27.1 Å². The van der Waals surface area contributed by atoms with Crippen LogP contribution in [-0.4, -0.2) is 9.78 Å². The summed E-state index contributed by atoms with van der Waals surface area (Å²) >= 11 is 0. The predicted octanol–water partition coefficient (Wildman–Crippen LogP) is 2.61. The smallest absolute Gasteiger partial charge is 0.208 e. The lowest BCUT2D eigenvalue weighted by atomic mass is 10.4. The quantitative estimate of drug-likeness (QED) is 0.637. The van der Waals surface area contributed by atoms with Gasteiger partial charge in [0.25, 0.3) is 0 Å². The Morgan fingerprint density at radius 1 is 1.38 bits per heavy atom. The molecular weight excluding hydrogens is 195 g/mol. The second kappa shape index (κ2) is 2.97. The molecule has 0 unspecified atom stereocenters. The molecule has 0 saturated heterocycles. The molecule has 0 aromatic carbocycles. The van der Waals surface area contributed by atoms with Gasteiger partial charge in [-0.05, 0) is 13.0 Å². The van der Waals surface area contributed by atoms with E-state index >= 15 is 0 Å². The molecule has 0 atom stereocenters. The Morgan fingerprint density at radius 3 is 2.15 bits per heavy atom. The summed E-state index contributed by atoms with van der Waals surface area (Å²) in [7, 11) is 0. The van der Waals surface area contributed by atoms with E-state index in [0.717, 1.165) is 6.92 Å². The van der Waals surface area contributed by atoms with Crippen molar-refractivity contribution in [3.05, 3.63) is 17.5 Å². The first-order chi connectivity index (χ1) is 5.82. The van der Waals surface area contributed by atoms with Crippen LogP contribution in [0.25, 0.3) is 0 Å². The minimum Gasteiger partial charge on any atom is -0.208 e. The van der Waals surface area contributed by atoms with E-state index in [-0.39, 0.29) is 10.4 Å². The normalized spacial score (nSPS) is 12.5. The summed E-state index contributed by atoms with van der Waals surface area (Å²) < 4.78 is 59.7. The van der Waals surface area contributed by atoms with Gasteiger partial charge in [-0.25, -0.2) is 4.68 Å². The van der Waals surface area contributed by atoms with Crippen molar-refractivity contribution in [2.24, 2.45) is 0 Å². The zero-order chi connectivity index (χ0) is 10.2. The number of rotatable bonds is 1. The number of halogens is 5. The fourth-order valence-corrected chi connectivity index (χ4v) is 0.824. The Labute approximate surface area is 70.0 Å². The molecule has 1 aromatic rings. The summed E-state index contributed by atoms with van der Waals surface area (Å²) in [4.78, 5) is 0. The first kappa shape index (κ1) is 9.94. The van der Waals surface area contributed by atoms with Crippen LogP contribution in [0, 0.1) is 6.92 Å². The lowest BCUT2D eigenvalue weighted by Gasteiger charge is -2.01. The molecule has 7 heteroatoms. The molecule has 74 valence electrons. The molecule has 0 fully saturated rings. The maximum atomic E-state index is 12.0. The molecule has 0 spiro atoms. The third-order valence-electron chi connectivity index (χ3n) is 1.40. The van der Waals surface area contributed by atoms with Crippen molar-refractivity contribution >= 4 is 0 Å². The van der Waals surface area contributed by atoms with Gasteiger partial charge in [0.2, 0.25) is 0 Å². The Morgan fingerprint density at radius 2 is 1.92 bits per heavy atom. The summed E-state index contributed by atoms with van der Waals surface area (Å²) in [6.07, 6.45) is -4.68. The van der Waals surface area contributed by atoms with Gasteiger partial charge in [0.15, 0.2) is 5.69 Å². The molecule has 0 amide bonds. The van der Waals surface area contributed by atoms with E-state index in [9.17, 15) is 22.0 Å². The van der Waals surface area contributed by atoms with E-state index < -0.39 is 18.4 Å². The van der Waals surface area contributed by atoms with Gasteiger partial charge in [0.05, 0.1) is 0 Å². The minimum atomic E-state index is -4.68. The first-order valence-electron chi connectivity index (χ1n) is 3.24. The van der Waals surface area contributed by atoms with Crippen LogP contribution in [0.1, 0.15) is 17.9 Å². The highest BCUT2D eigenvalue weighted by Gasteiger charge is 2.35. The molecule has 0 saturated carbocycles. The third-order valence-corrected chi connectivity index (χ3v) is 1.40. The van der Waals surface area contributed by atoms with Crippen molar-refractivity contribution in [2.45, 2.75) is 19.6 Å². The number of hydrogen-bond acceptors (Lipinski definition) is 1. The second-order valence-corrected chi connectivity index (χ2v) is 2.39. The topological polar surface area (TPSA) is 17.8 Å². The van der Waals surface area contributed by atoms with Gasteiger partial charge in [-0.15, -0.1) is 0 Å². The molecule has 0 aliphatic carbocycles. The molecule has 0 aliphatic rings. The Kier molecular flexibility index (Phi) is 2.27. The molecule has 0 radical (unpaired) electrons. The van der Waals surface area contributed by atoms with E-state index in [2.05, 4.69) is 5.10 Å². The summed E-state index contributed by atoms with van der Waals surface area (Å²) in [5.74, 6) is 0. The lowest BCUT2D eigenvalue weighted by molar-refractivity contribution is -0.142. The van der Waals surface area contributed by atoms with Crippen LogP contribution in [0.4, 0.5) is 22.0 Å². The molecule has 0 N–H and O–H groups in total. The summed E-state index contributed by atoms with van der Waals surface area (Å²) in [6, 6.07) is 0.576. The SMILES string of the molecule is Cc1cc(C(F)(F)F)nn1C(F)F. The maximum absolute atomic E-state index is 12.0. The maximum Gasteiger partial charge on any atom is 0.435 e. The van der Waals surface area contributed by atoms with E-state index in [1.54, 1.807) is 0 Å². The van der Waals surface area contributed by atoms with Gasteiger partial charge >= 0.3 is 12.7 Å². The van der Waals surface area contributed by atoms with Crippen LogP contribution in [0.2, 0.25) is 0 Å². The van der Waals surface area contributed by atoms with Crippen LogP contribution < -0.4 is 0 Å². The highest BCUT2D eigenvalue weighted by atomic mass is 19.4. The number of aryl methyl sites for hydroxylation is 1. The van der Waals surface area contributed by atoms with Crippen LogP contribution in [-0.2, 0) is 6.18 Å². The number of aromatic nitrogens is 2. The van der Waals surface area contributed by atoms with Crippen molar-refractivity contribution in [3.63, 3.8) is 0 Å². The minimum absolute atomic E-state index is 0.0306. The highest BCUT2D eigenvalue weighted by Crippen LogP contribution is 2.29. The standard InChI is InChI=1S/C6H5F5N2/c1-3-2-4(6(9,10)11)12-13(3)5(7)8/h2,5H,1H3. The third kappa shape index (κ3) is 1.96. The molecular formula is C6H5F5N2. The van der Waals surface area contributed by atoms with E-state index in [4.69, 9.17) is 0 Å². The second-order valence-electron chi connectivity index (χ2n) is 2.39. The summed E-state index contributed by atoms with van der Waals surface area (Å²) in [6.45, 7) is -1.91. The van der Waals surface area contributed by atoms with Gasteiger partial charge in [-0.3, -0.25) is 0 Å². The van der Waals surface area contributed by atoms with Gasteiger partial charge < -0.3 is 0 Å². The fourth-order valence-electron chi connectivity index (χ4n) is 0.824. The molecule has 0 bridgehead atoms. The van der Waals surface area contributed by atoms with Gasteiger partial charge in [0.1, 0.15) is 0 Å². The zero-order valence-electron chi connectivity index (χ0n) is 6.44. The average molecular weight is 200 g/mol. The Balaban J connectivity index is 3.10. The van der Waals surface area contributed by atoms with Crippen LogP contribution >= 0.6 is 0 Å². The van der Waals surface area contributed by atoms with Crippen LogP contribution in [0.3, 0.4) is 0 Å². The number of hydrogen-bond donors (Lipinski definition) is 0. The van der Waals surface area contributed by atoms with Crippen LogP contribution in [0.5, 0.6) is 0 Å². The number of alkyl halides is 5. The molecule has 1 aromatic heterocycles. The van der Waals surface area contributed by atoms with E-state index in [0.29, 0.717) is 6.07 Å². The molecule has 1 heterocycles. The summed E-state index contributed by atoms with van der Waals surface area (Å²) in [5, 5.41) is 2.72.